The summed E-state index contributed by atoms with van der Waals surface area (Å²) in [5.41, 5.74) is 0. The van der Waals surface area contributed by atoms with Gasteiger partial charge in [-0.1, -0.05) is 0 Å². The first-order valence-electron chi connectivity index (χ1n) is 7.16. The Morgan fingerprint density at radius 3 is 2.35 bits per heavy atom. The standard InChI is InChI=1S/C15H21NO7/c1-8(18)16-12-14(20)13(19)11(7-17)23-15(12)22-10-5-3-9(21-2)4-6-10/h3-6,11-15,17,19-20H,7H2,1-2H3,(H,16,18)/t11?,12?,13-,14?,15+/m0/s1. The summed E-state index contributed by atoms with van der Waals surface area (Å²) in [7, 11) is 1.54. The van der Waals surface area contributed by atoms with Crippen LogP contribution < -0.4 is 14.8 Å². The molecule has 1 aromatic carbocycles. The first-order chi connectivity index (χ1) is 11.0. The molecular weight excluding hydrogens is 306 g/mol. The number of aliphatic hydroxyl groups excluding tert-OH is 3. The van der Waals surface area contributed by atoms with Crippen LogP contribution in [0.4, 0.5) is 0 Å². The van der Waals surface area contributed by atoms with Gasteiger partial charge in [0.05, 0.1) is 13.7 Å². The van der Waals surface area contributed by atoms with Crippen molar-refractivity contribution in [3.63, 3.8) is 0 Å². The van der Waals surface area contributed by atoms with Crippen LogP contribution in [-0.4, -0.2) is 65.6 Å². The number of benzene rings is 1. The Labute approximate surface area is 133 Å². The van der Waals surface area contributed by atoms with Crippen LogP contribution in [0.25, 0.3) is 0 Å². The Morgan fingerprint density at radius 1 is 1.22 bits per heavy atom. The van der Waals surface area contributed by atoms with E-state index in [1.165, 1.54) is 14.0 Å². The van der Waals surface area contributed by atoms with E-state index in [2.05, 4.69) is 5.32 Å². The van der Waals surface area contributed by atoms with Gasteiger partial charge in [0.1, 0.15) is 35.9 Å². The molecule has 4 N–H and O–H groups in total. The van der Waals surface area contributed by atoms with E-state index >= 15 is 0 Å². The summed E-state index contributed by atoms with van der Waals surface area (Å²) < 4.78 is 16.2. The Hall–Kier alpha value is -1.87. The van der Waals surface area contributed by atoms with E-state index in [1.54, 1.807) is 24.3 Å². The zero-order valence-corrected chi connectivity index (χ0v) is 12.9. The number of carbonyl (C=O) groups is 1. The number of methoxy groups -OCH3 is 1. The monoisotopic (exact) mass is 327 g/mol. The summed E-state index contributed by atoms with van der Waals surface area (Å²) in [6.07, 6.45) is -4.76. The Bertz CT molecular complexity index is 521. The normalized spacial score (nSPS) is 30.6. The van der Waals surface area contributed by atoms with Crippen molar-refractivity contribution in [1.29, 1.82) is 0 Å². The maximum atomic E-state index is 11.3. The fourth-order valence-corrected chi connectivity index (χ4v) is 2.36. The highest BCUT2D eigenvalue weighted by Crippen LogP contribution is 2.25. The minimum atomic E-state index is -1.34. The lowest BCUT2D eigenvalue weighted by Crippen LogP contribution is -2.65. The van der Waals surface area contributed by atoms with E-state index < -0.39 is 43.2 Å². The van der Waals surface area contributed by atoms with Crippen LogP contribution >= 0.6 is 0 Å². The Morgan fingerprint density at radius 2 is 1.83 bits per heavy atom. The molecule has 0 aliphatic carbocycles. The molecule has 0 spiro atoms. The molecule has 0 bridgehead atoms. The minimum absolute atomic E-state index is 0.407. The van der Waals surface area contributed by atoms with E-state index in [-0.39, 0.29) is 0 Å². The maximum Gasteiger partial charge on any atom is 0.223 e. The highest BCUT2D eigenvalue weighted by Gasteiger charge is 2.46. The topological polar surface area (TPSA) is 117 Å². The number of carbonyl (C=O) groups excluding carboxylic acids is 1. The lowest BCUT2D eigenvalue weighted by Gasteiger charge is -2.42. The van der Waals surface area contributed by atoms with Gasteiger partial charge in [0.2, 0.25) is 12.2 Å². The summed E-state index contributed by atoms with van der Waals surface area (Å²) in [6, 6.07) is 5.66. The van der Waals surface area contributed by atoms with Crippen molar-refractivity contribution in [1.82, 2.24) is 5.32 Å². The van der Waals surface area contributed by atoms with Gasteiger partial charge in [0.25, 0.3) is 0 Å². The molecule has 128 valence electrons. The van der Waals surface area contributed by atoms with Gasteiger partial charge in [-0.25, -0.2) is 0 Å². The van der Waals surface area contributed by atoms with E-state index in [1.807, 2.05) is 0 Å². The number of nitrogens with one attached hydrogen (secondary N) is 1. The van der Waals surface area contributed by atoms with Crippen LogP contribution in [0, 0.1) is 0 Å². The summed E-state index contributed by atoms with van der Waals surface area (Å²) in [4.78, 5) is 11.3. The zero-order valence-electron chi connectivity index (χ0n) is 12.9. The van der Waals surface area contributed by atoms with Gasteiger partial charge in [0.15, 0.2) is 0 Å². The van der Waals surface area contributed by atoms with Crippen molar-refractivity contribution in [2.45, 2.75) is 37.6 Å². The summed E-state index contributed by atoms with van der Waals surface area (Å²) >= 11 is 0. The van der Waals surface area contributed by atoms with Crippen LogP contribution in [0.15, 0.2) is 24.3 Å². The van der Waals surface area contributed by atoms with Gasteiger partial charge < -0.3 is 34.8 Å². The first kappa shape index (κ1) is 17.5. The van der Waals surface area contributed by atoms with E-state index in [4.69, 9.17) is 14.2 Å². The molecule has 0 radical (unpaired) electrons. The molecule has 8 nitrogen and oxygen atoms in total. The van der Waals surface area contributed by atoms with E-state index in [0.717, 1.165) is 0 Å². The third-order valence-corrected chi connectivity index (χ3v) is 3.56. The van der Waals surface area contributed by atoms with Crippen LogP contribution in [0.1, 0.15) is 6.92 Å². The molecule has 1 aliphatic rings. The molecule has 1 aliphatic heterocycles. The van der Waals surface area contributed by atoms with Crippen LogP contribution in [0.5, 0.6) is 11.5 Å². The molecule has 23 heavy (non-hydrogen) atoms. The predicted octanol–water partition coefficient (Wildman–Crippen LogP) is -0.982. The zero-order chi connectivity index (χ0) is 17.0. The highest BCUT2D eigenvalue weighted by atomic mass is 16.7. The second kappa shape index (κ2) is 7.60. The largest absolute Gasteiger partial charge is 0.497 e. The molecule has 3 unspecified atom stereocenters. The lowest BCUT2D eigenvalue weighted by atomic mass is 9.97. The molecular formula is C15H21NO7. The van der Waals surface area contributed by atoms with Gasteiger partial charge >= 0.3 is 0 Å². The van der Waals surface area contributed by atoms with Crippen molar-refractivity contribution in [2.75, 3.05) is 13.7 Å². The van der Waals surface area contributed by atoms with Crippen molar-refractivity contribution in [2.24, 2.45) is 0 Å². The summed E-state index contributed by atoms with van der Waals surface area (Å²) in [5.74, 6) is 0.658. The number of hydrogen-bond acceptors (Lipinski definition) is 7. The number of aliphatic hydroxyl groups is 3. The van der Waals surface area contributed by atoms with Gasteiger partial charge in [-0.15, -0.1) is 0 Å². The second-order valence-corrected chi connectivity index (χ2v) is 5.23. The average molecular weight is 327 g/mol. The maximum absolute atomic E-state index is 11.3. The van der Waals surface area contributed by atoms with Crippen molar-refractivity contribution in [3.8, 4) is 11.5 Å². The average Bonchev–Trinajstić information content (AvgIpc) is 2.54. The number of amides is 1. The minimum Gasteiger partial charge on any atom is -0.497 e. The van der Waals surface area contributed by atoms with Crippen molar-refractivity contribution < 1.29 is 34.3 Å². The predicted molar refractivity (Wildman–Crippen MR) is 79.0 cm³/mol. The van der Waals surface area contributed by atoms with Crippen LogP contribution in [-0.2, 0) is 9.53 Å². The molecule has 1 heterocycles. The van der Waals surface area contributed by atoms with Gasteiger partial charge in [0, 0.05) is 6.92 Å². The molecule has 1 amide bonds. The molecule has 2 rings (SSSR count). The number of rotatable bonds is 5. The number of hydrogen-bond donors (Lipinski definition) is 4. The van der Waals surface area contributed by atoms with E-state index in [0.29, 0.717) is 11.5 Å². The smallest absolute Gasteiger partial charge is 0.223 e. The lowest BCUT2D eigenvalue weighted by molar-refractivity contribution is -0.244. The van der Waals surface area contributed by atoms with Gasteiger partial charge in [-0.3, -0.25) is 4.79 Å². The Balaban J connectivity index is 2.17. The number of ether oxygens (including phenoxy) is 3. The highest BCUT2D eigenvalue weighted by molar-refractivity contribution is 5.73. The molecule has 1 saturated heterocycles. The fraction of sp³-hybridized carbons (Fsp3) is 0.533. The molecule has 1 fully saturated rings. The molecule has 5 atom stereocenters. The molecule has 1 aromatic rings. The van der Waals surface area contributed by atoms with Crippen molar-refractivity contribution >= 4 is 5.91 Å². The second-order valence-electron chi connectivity index (χ2n) is 5.23. The fourth-order valence-electron chi connectivity index (χ4n) is 2.36. The van der Waals surface area contributed by atoms with Gasteiger partial charge in [-0.05, 0) is 24.3 Å². The van der Waals surface area contributed by atoms with E-state index in [9.17, 15) is 20.1 Å². The van der Waals surface area contributed by atoms with Gasteiger partial charge in [-0.2, -0.15) is 0 Å². The summed E-state index contributed by atoms with van der Waals surface area (Å²) in [5, 5.41) is 31.8. The van der Waals surface area contributed by atoms with Crippen LogP contribution in [0.2, 0.25) is 0 Å². The third kappa shape index (κ3) is 4.11. The molecule has 0 saturated carbocycles. The van der Waals surface area contributed by atoms with Crippen molar-refractivity contribution in [3.05, 3.63) is 24.3 Å². The first-order valence-corrected chi connectivity index (χ1v) is 7.16. The third-order valence-electron chi connectivity index (χ3n) is 3.56. The van der Waals surface area contributed by atoms with Crippen LogP contribution in [0.3, 0.4) is 0 Å². The quantitative estimate of drug-likeness (QED) is 0.549. The SMILES string of the molecule is COc1ccc(O[C@@H]2OC(CO)[C@H](O)C(O)C2NC(C)=O)cc1. The molecule has 8 heteroatoms. The Kier molecular flexibility index (Phi) is 5.78. The summed E-state index contributed by atoms with van der Waals surface area (Å²) in [6.45, 7) is 0.787. The molecule has 0 aromatic heterocycles.